The van der Waals surface area contributed by atoms with Crippen molar-refractivity contribution in [3.05, 3.63) is 60.2 Å². The third kappa shape index (κ3) is 3.54. The van der Waals surface area contributed by atoms with Crippen LogP contribution in [0.4, 0.5) is 0 Å². The molecule has 0 amide bonds. The summed E-state index contributed by atoms with van der Waals surface area (Å²) in [6.07, 6.45) is 0. The van der Waals surface area contributed by atoms with Crippen molar-refractivity contribution < 1.29 is 12.0 Å². The van der Waals surface area contributed by atoms with E-state index in [1.54, 1.807) is 24.3 Å². The van der Waals surface area contributed by atoms with E-state index in [-0.39, 0.29) is 4.90 Å². The molecule has 0 fully saturated rings. The van der Waals surface area contributed by atoms with E-state index < -0.39 is 20.4 Å². The van der Waals surface area contributed by atoms with Gasteiger partial charge in [-0.3, -0.25) is 3.63 Å². The average molecular weight is 340 g/mol. The van der Waals surface area contributed by atoms with Crippen molar-refractivity contribution in [3.63, 3.8) is 0 Å². The maximum Gasteiger partial charge on any atom is 0.421 e. The molecule has 0 heterocycles. The van der Waals surface area contributed by atoms with Crippen molar-refractivity contribution in [2.75, 3.05) is 11.5 Å². The molecule has 120 valence electrons. The first-order valence-corrected chi connectivity index (χ1v) is 10.7. The van der Waals surface area contributed by atoms with Crippen molar-refractivity contribution in [1.29, 1.82) is 0 Å². The second-order valence-electron chi connectivity index (χ2n) is 5.10. The van der Waals surface area contributed by atoms with E-state index in [2.05, 4.69) is 3.63 Å². The van der Waals surface area contributed by atoms with E-state index in [4.69, 9.17) is 0 Å². The van der Waals surface area contributed by atoms with Crippen LogP contribution in [-0.2, 0) is 10.1 Å². The fourth-order valence-corrected chi connectivity index (χ4v) is 7.55. The molecule has 5 heteroatoms. The Labute approximate surface area is 135 Å². The molecule has 0 saturated heterocycles. The van der Waals surface area contributed by atoms with E-state index in [9.17, 15) is 8.42 Å². The summed E-state index contributed by atoms with van der Waals surface area (Å²) in [7, 11) is -5.37. The molecule has 0 unspecified atom stereocenters. The largest absolute Gasteiger partial charge is 0.421 e. The SMILES string of the molecule is CCS(CC)([OH+]S(=O)(=O)c1ccc(C)cc1)c1ccccc1. The second-order valence-corrected chi connectivity index (χ2v) is 10.4. The summed E-state index contributed by atoms with van der Waals surface area (Å²) in [6, 6.07) is 16.7. The first-order valence-electron chi connectivity index (χ1n) is 7.33. The van der Waals surface area contributed by atoms with Crippen LogP contribution in [0.2, 0.25) is 0 Å². The van der Waals surface area contributed by atoms with Gasteiger partial charge in [-0.15, -0.1) is 8.42 Å². The molecule has 0 aromatic heterocycles. The zero-order valence-corrected chi connectivity index (χ0v) is 14.8. The first-order chi connectivity index (χ1) is 10.4. The molecular weight excluding hydrogens is 316 g/mol. The number of rotatable bonds is 6. The molecule has 0 saturated carbocycles. The van der Waals surface area contributed by atoms with Gasteiger partial charge in [0.2, 0.25) is 0 Å². The molecule has 1 N–H and O–H groups in total. The van der Waals surface area contributed by atoms with Gasteiger partial charge in [-0.1, -0.05) is 49.7 Å². The highest BCUT2D eigenvalue weighted by Gasteiger charge is 2.36. The van der Waals surface area contributed by atoms with Crippen LogP contribution in [0.5, 0.6) is 0 Å². The molecule has 0 aliphatic rings. The molecule has 22 heavy (non-hydrogen) atoms. The highest BCUT2D eigenvalue weighted by molar-refractivity contribution is 8.32. The Kier molecular flexibility index (Phi) is 5.32. The summed E-state index contributed by atoms with van der Waals surface area (Å²) in [5.41, 5.74) is 1.03. The summed E-state index contributed by atoms with van der Waals surface area (Å²) >= 11 is 0. The number of hydrogen-bond donors (Lipinski definition) is 0. The van der Waals surface area contributed by atoms with Gasteiger partial charge in [-0.2, -0.15) is 0 Å². The molecule has 0 bridgehead atoms. The predicted octanol–water partition coefficient (Wildman–Crippen LogP) is 4.60. The van der Waals surface area contributed by atoms with E-state index in [1.165, 1.54) is 0 Å². The van der Waals surface area contributed by atoms with E-state index in [0.717, 1.165) is 22.0 Å². The lowest BCUT2D eigenvalue weighted by Gasteiger charge is -2.32. The van der Waals surface area contributed by atoms with Crippen LogP contribution in [0.15, 0.2) is 64.4 Å². The van der Waals surface area contributed by atoms with Gasteiger partial charge in [0.25, 0.3) is 0 Å². The third-order valence-electron chi connectivity index (χ3n) is 3.70. The van der Waals surface area contributed by atoms with Gasteiger partial charge in [0.15, 0.2) is 0 Å². The van der Waals surface area contributed by atoms with Gasteiger partial charge >= 0.3 is 10.1 Å². The van der Waals surface area contributed by atoms with Gasteiger partial charge in [0, 0.05) is 21.8 Å². The fraction of sp³-hybridized carbons (Fsp3) is 0.294. The third-order valence-corrected chi connectivity index (χ3v) is 9.55. The van der Waals surface area contributed by atoms with Crippen molar-refractivity contribution in [2.24, 2.45) is 0 Å². The Bertz CT molecular complexity index is 703. The Balaban J connectivity index is 2.41. The molecule has 0 radical (unpaired) electrons. The number of aryl methyl sites for hydroxylation is 1. The lowest BCUT2D eigenvalue weighted by Crippen LogP contribution is -2.20. The smallest absolute Gasteiger partial charge is 0.265 e. The van der Waals surface area contributed by atoms with Crippen LogP contribution in [-0.4, -0.2) is 23.6 Å². The molecular formula is C17H23O3S2+. The van der Waals surface area contributed by atoms with Gasteiger partial charge in [0.1, 0.15) is 4.90 Å². The Hall–Kier alpha value is -1.30. The average Bonchev–Trinajstić information content (AvgIpc) is 2.54. The van der Waals surface area contributed by atoms with Crippen LogP contribution < -0.4 is 0 Å². The van der Waals surface area contributed by atoms with E-state index in [0.29, 0.717) is 0 Å². The Morgan fingerprint density at radius 3 is 1.86 bits per heavy atom. The topological polar surface area (TPSA) is 46.9 Å². The molecule has 0 aliphatic carbocycles. The molecule has 0 atom stereocenters. The summed E-state index contributed by atoms with van der Waals surface area (Å²) in [4.78, 5) is 1.29. The minimum atomic E-state index is -3.65. The van der Waals surface area contributed by atoms with Crippen LogP contribution in [0.1, 0.15) is 19.4 Å². The monoisotopic (exact) mass is 339 g/mol. The normalized spacial score (nSPS) is 13.0. The first kappa shape index (κ1) is 17.1. The highest BCUT2D eigenvalue weighted by Crippen LogP contribution is 2.55. The van der Waals surface area contributed by atoms with Crippen molar-refractivity contribution in [3.8, 4) is 0 Å². The quantitative estimate of drug-likeness (QED) is 0.570. The number of hydrogen-bond acceptors (Lipinski definition) is 2. The van der Waals surface area contributed by atoms with Crippen molar-refractivity contribution in [2.45, 2.75) is 30.6 Å². The molecule has 2 aromatic carbocycles. The molecule has 3 nitrogen and oxygen atoms in total. The highest BCUT2D eigenvalue weighted by atomic mass is 32.3. The Morgan fingerprint density at radius 1 is 0.818 bits per heavy atom. The molecule has 0 aliphatic heterocycles. The van der Waals surface area contributed by atoms with Crippen LogP contribution in [0.25, 0.3) is 0 Å². The Morgan fingerprint density at radius 2 is 1.36 bits per heavy atom. The van der Waals surface area contributed by atoms with Gasteiger partial charge < -0.3 is 0 Å². The summed E-state index contributed by atoms with van der Waals surface area (Å²) in [5.74, 6) is 1.44. The summed E-state index contributed by atoms with van der Waals surface area (Å²) in [5, 5.41) is 0. The molecule has 2 rings (SSSR count). The number of benzene rings is 2. The lowest BCUT2D eigenvalue weighted by molar-refractivity contribution is 0.388. The lowest BCUT2D eigenvalue weighted by atomic mass is 10.2. The summed E-state index contributed by atoms with van der Waals surface area (Å²) in [6.45, 7) is 5.96. The minimum Gasteiger partial charge on any atom is -0.265 e. The maximum atomic E-state index is 12.7. The molecule has 2 aromatic rings. The summed E-state index contributed by atoms with van der Waals surface area (Å²) < 4.78 is 29.8. The van der Waals surface area contributed by atoms with E-state index in [1.807, 2.05) is 51.1 Å². The van der Waals surface area contributed by atoms with Crippen molar-refractivity contribution in [1.82, 2.24) is 0 Å². The zero-order chi connectivity index (χ0) is 16.2. The van der Waals surface area contributed by atoms with Gasteiger partial charge in [-0.25, -0.2) is 0 Å². The maximum absolute atomic E-state index is 12.7. The minimum absolute atomic E-state index is 0.271. The molecule has 0 spiro atoms. The van der Waals surface area contributed by atoms with Gasteiger partial charge in [-0.05, 0) is 31.2 Å². The van der Waals surface area contributed by atoms with Crippen LogP contribution >= 0.6 is 10.3 Å². The zero-order valence-electron chi connectivity index (χ0n) is 13.2. The van der Waals surface area contributed by atoms with E-state index >= 15 is 0 Å². The van der Waals surface area contributed by atoms with Crippen LogP contribution in [0.3, 0.4) is 0 Å². The predicted molar refractivity (Wildman–Crippen MR) is 94.4 cm³/mol. The van der Waals surface area contributed by atoms with Crippen LogP contribution in [0, 0.1) is 6.92 Å². The second kappa shape index (κ2) is 6.86. The standard InChI is InChI=1S/C17H22O3S2/c1-4-21(5-2,16-9-7-6-8-10-16)20-22(18,19)17-13-11-15(3)12-14-17/h6-14H,4-5H2,1-3H3/p+1. The van der Waals surface area contributed by atoms with Crippen molar-refractivity contribution >= 4 is 20.4 Å². The van der Waals surface area contributed by atoms with Gasteiger partial charge in [0.05, 0.1) is 4.90 Å². The fourth-order valence-electron chi connectivity index (χ4n) is 2.30.